The lowest BCUT2D eigenvalue weighted by Crippen LogP contribution is -2.13. The Labute approximate surface area is 69.7 Å². The lowest BCUT2D eigenvalue weighted by atomic mass is 10.2. The second kappa shape index (κ2) is 3.34. The predicted molar refractivity (Wildman–Crippen MR) is 44.9 cm³/mol. The Balaban J connectivity index is 2.79. The first kappa shape index (κ1) is 8.01. The van der Waals surface area contributed by atoms with Gasteiger partial charge in [0.1, 0.15) is 5.15 Å². The van der Waals surface area contributed by atoms with Crippen molar-refractivity contribution in [2.24, 2.45) is 5.73 Å². The van der Waals surface area contributed by atoms with Crippen LogP contribution in [0.4, 0.5) is 0 Å². The van der Waals surface area contributed by atoms with Gasteiger partial charge in [-0.3, -0.25) is 5.41 Å². The molecule has 1 aromatic heterocycles. The molecule has 4 heteroatoms. The number of pyridine rings is 1. The molecule has 1 aromatic rings. The van der Waals surface area contributed by atoms with Crippen LogP contribution in [-0.2, 0) is 6.42 Å². The van der Waals surface area contributed by atoms with Gasteiger partial charge >= 0.3 is 0 Å². The average Bonchev–Trinajstić information content (AvgIpc) is 1.85. The topological polar surface area (TPSA) is 62.8 Å². The lowest BCUT2D eigenvalue weighted by Gasteiger charge is -1.97. The van der Waals surface area contributed by atoms with E-state index in [0.29, 0.717) is 11.6 Å². The molecule has 0 aliphatic rings. The maximum absolute atomic E-state index is 7.00. The number of rotatable bonds is 2. The molecule has 1 heterocycles. The number of hydrogen-bond acceptors (Lipinski definition) is 2. The highest BCUT2D eigenvalue weighted by molar-refractivity contribution is 6.29. The third-order valence-corrected chi connectivity index (χ3v) is 1.35. The van der Waals surface area contributed by atoms with Crippen LogP contribution in [0.15, 0.2) is 18.2 Å². The monoisotopic (exact) mass is 169 g/mol. The van der Waals surface area contributed by atoms with Gasteiger partial charge in [-0.15, -0.1) is 0 Å². The zero-order valence-electron chi connectivity index (χ0n) is 5.84. The van der Waals surface area contributed by atoms with Crippen LogP contribution in [0.5, 0.6) is 0 Å². The van der Waals surface area contributed by atoms with Gasteiger partial charge in [-0.25, -0.2) is 4.98 Å². The number of halogens is 1. The Morgan fingerprint density at radius 3 is 2.91 bits per heavy atom. The van der Waals surface area contributed by atoms with Crippen LogP contribution < -0.4 is 5.73 Å². The average molecular weight is 170 g/mol. The molecule has 0 atom stereocenters. The summed E-state index contributed by atoms with van der Waals surface area (Å²) in [6, 6.07) is 5.26. The van der Waals surface area contributed by atoms with Crippen molar-refractivity contribution >= 4 is 17.4 Å². The fourth-order valence-electron chi connectivity index (χ4n) is 0.744. The minimum atomic E-state index is 0.0970. The van der Waals surface area contributed by atoms with E-state index in [1.807, 2.05) is 0 Å². The molecule has 0 amide bonds. The van der Waals surface area contributed by atoms with Crippen molar-refractivity contribution < 1.29 is 0 Å². The second-order valence-electron chi connectivity index (χ2n) is 2.15. The first-order valence-corrected chi connectivity index (χ1v) is 3.50. The smallest absolute Gasteiger partial charge is 0.129 e. The molecular weight excluding hydrogens is 162 g/mol. The van der Waals surface area contributed by atoms with Crippen molar-refractivity contribution in [1.29, 1.82) is 5.41 Å². The van der Waals surface area contributed by atoms with Gasteiger partial charge in [-0.05, 0) is 12.1 Å². The minimum Gasteiger partial charge on any atom is -0.387 e. The van der Waals surface area contributed by atoms with Gasteiger partial charge in [0.15, 0.2) is 0 Å². The molecule has 0 aliphatic heterocycles. The normalized spacial score (nSPS) is 9.55. The SMILES string of the molecule is N=C(N)Cc1cccc(Cl)n1. The van der Waals surface area contributed by atoms with Crippen molar-refractivity contribution in [3.05, 3.63) is 29.0 Å². The van der Waals surface area contributed by atoms with Gasteiger partial charge in [0, 0.05) is 12.1 Å². The number of aromatic nitrogens is 1. The number of amidine groups is 1. The van der Waals surface area contributed by atoms with Crippen LogP contribution >= 0.6 is 11.6 Å². The fraction of sp³-hybridized carbons (Fsp3) is 0.143. The van der Waals surface area contributed by atoms with Gasteiger partial charge in [-0.1, -0.05) is 17.7 Å². The number of nitrogens with one attached hydrogen (secondary N) is 1. The maximum Gasteiger partial charge on any atom is 0.129 e. The quantitative estimate of drug-likeness (QED) is 0.397. The van der Waals surface area contributed by atoms with Gasteiger partial charge in [0.05, 0.1) is 5.84 Å². The maximum atomic E-state index is 7.00. The summed E-state index contributed by atoms with van der Waals surface area (Å²) >= 11 is 5.61. The Hall–Kier alpha value is -1.09. The van der Waals surface area contributed by atoms with Crippen LogP contribution in [0, 0.1) is 5.41 Å². The molecule has 3 N–H and O–H groups in total. The Morgan fingerprint density at radius 1 is 1.64 bits per heavy atom. The Morgan fingerprint density at radius 2 is 2.36 bits per heavy atom. The fourth-order valence-corrected chi connectivity index (χ4v) is 0.925. The van der Waals surface area contributed by atoms with Crippen LogP contribution in [0.25, 0.3) is 0 Å². The molecule has 0 fully saturated rings. The molecule has 3 nitrogen and oxygen atoms in total. The largest absolute Gasteiger partial charge is 0.387 e. The van der Waals surface area contributed by atoms with Gasteiger partial charge in [0.2, 0.25) is 0 Å². The van der Waals surface area contributed by atoms with Crippen LogP contribution in [0.2, 0.25) is 5.15 Å². The number of nitrogens with two attached hydrogens (primary N) is 1. The standard InChI is InChI=1S/C7H8ClN3/c8-6-3-1-2-5(11-6)4-7(9)10/h1-3H,4H2,(H3,9,10). The molecule has 1 rings (SSSR count). The van der Waals surface area contributed by atoms with E-state index in [9.17, 15) is 0 Å². The summed E-state index contributed by atoms with van der Waals surface area (Å²) in [6.07, 6.45) is 0.362. The first-order valence-electron chi connectivity index (χ1n) is 3.13. The summed E-state index contributed by atoms with van der Waals surface area (Å²) in [5, 5.41) is 7.43. The van der Waals surface area contributed by atoms with E-state index in [4.69, 9.17) is 22.7 Å². The summed E-state index contributed by atoms with van der Waals surface area (Å²) < 4.78 is 0. The summed E-state index contributed by atoms with van der Waals surface area (Å²) in [6.45, 7) is 0. The zero-order chi connectivity index (χ0) is 8.27. The van der Waals surface area contributed by atoms with E-state index >= 15 is 0 Å². The molecule has 0 aliphatic carbocycles. The molecule has 58 valence electrons. The van der Waals surface area contributed by atoms with Gasteiger partial charge in [0.25, 0.3) is 0 Å². The van der Waals surface area contributed by atoms with Crippen LogP contribution in [-0.4, -0.2) is 10.8 Å². The van der Waals surface area contributed by atoms with E-state index in [1.54, 1.807) is 18.2 Å². The Bertz CT molecular complexity index is 272. The molecule has 0 aromatic carbocycles. The van der Waals surface area contributed by atoms with E-state index < -0.39 is 0 Å². The molecule has 0 unspecified atom stereocenters. The van der Waals surface area contributed by atoms with Gasteiger partial charge in [-0.2, -0.15) is 0 Å². The van der Waals surface area contributed by atoms with E-state index in [1.165, 1.54) is 0 Å². The summed E-state index contributed by atoms with van der Waals surface area (Å²) in [5.74, 6) is 0.0970. The molecule has 0 saturated heterocycles. The highest BCUT2D eigenvalue weighted by Gasteiger charge is 1.96. The third kappa shape index (κ3) is 2.55. The van der Waals surface area contributed by atoms with E-state index in [-0.39, 0.29) is 5.84 Å². The molecular formula is C7H8ClN3. The van der Waals surface area contributed by atoms with Crippen molar-refractivity contribution in [2.45, 2.75) is 6.42 Å². The first-order chi connectivity index (χ1) is 5.18. The third-order valence-electron chi connectivity index (χ3n) is 1.14. The lowest BCUT2D eigenvalue weighted by molar-refractivity contribution is 1.12. The summed E-state index contributed by atoms with van der Waals surface area (Å²) in [7, 11) is 0. The minimum absolute atomic E-state index is 0.0970. The highest BCUT2D eigenvalue weighted by atomic mass is 35.5. The number of nitrogens with zero attached hydrogens (tertiary/aromatic N) is 1. The van der Waals surface area contributed by atoms with E-state index in [0.717, 1.165) is 5.69 Å². The highest BCUT2D eigenvalue weighted by Crippen LogP contribution is 2.04. The molecule has 0 radical (unpaired) electrons. The van der Waals surface area contributed by atoms with Crippen molar-refractivity contribution in [3.63, 3.8) is 0 Å². The van der Waals surface area contributed by atoms with Crippen molar-refractivity contribution in [3.8, 4) is 0 Å². The van der Waals surface area contributed by atoms with Crippen LogP contribution in [0.3, 0.4) is 0 Å². The molecule has 0 bridgehead atoms. The van der Waals surface area contributed by atoms with Crippen LogP contribution in [0.1, 0.15) is 5.69 Å². The molecule has 0 saturated carbocycles. The van der Waals surface area contributed by atoms with Gasteiger partial charge < -0.3 is 5.73 Å². The predicted octanol–water partition coefficient (Wildman–Crippen LogP) is 1.21. The molecule has 11 heavy (non-hydrogen) atoms. The number of hydrogen-bond donors (Lipinski definition) is 2. The van der Waals surface area contributed by atoms with Crippen molar-refractivity contribution in [2.75, 3.05) is 0 Å². The summed E-state index contributed by atoms with van der Waals surface area (Å²) in [4.78, 5) is 3.96. The van der Waals surface area contributed by atoms with Crippen molar-refractivity contribution in [1.82, 2.24) is 4.98 Å². The summed E-state index contributed by atoms with van der Waals surface area (Å²) in [5.41, 5.74) is 5.90. The van der Waals surface area contributed by atoms with E-state index in [2.05, 4.69) is 4.98 Å². The Kier molecular flexibility index (Phi) is 2.44. The zero-order valence-corrected chi connectivity index (χ0v) is 6.60. The second-order valence-corrected chi connectivity index (χ2v) is 2.54. The molecule has 0 spiro atoms.